The van der Waals surface area contributed by atoms with E-state index in [1.54, 1.807) is 17.0 Å². The molecule has 28 heavy (non-hydrogen) atoms. The van der Waals surface area contributed by atoms with Crippen LogP contribution < -0.4 is 4.90 Å². The number of β-lactam (4-membered cyclic amide) rings is 1. The molecule has 2 aliphatic rings. The smallest absolute Gasteiger partial charge is 0.259 e. The van der Waals surface area contributed by atoms with E-state index in [0.29, 0.717) is 43.7 Å². The van der Waals surface area contributed by atoms with Crippen molar-refractivity contribution in [3.63, 3.8) is 0 Å². The van der Waals surface area contributed by atoms with Crippen LogP contribution in [0.1, 0.15) is 18.4 Å². The Morgan fingerprint density at radius 2 is 1.79 bits per heavy atom. The minimum absolute atomic E-state index is 0.175. The van der Waals surface area contributed by atoms with Crippen LogP contribution in [0, 0.1) is 17.5 Å². The molecule has 2 aliphatic heterocycles. The summed E-state index contributed by atoms with van der Waals surface area (Å²) in [7, 11) is 1.51. The van der Waals surface area contributed by atoms with E-state index in [1.807, 2.05) is 0 Å². The van der Waals surface area contributed by atoms with Gasteiger partial charge < -0.3 is 9.64 Å². The van der Waals surface area contributed by atoms with Gasteiger partial charge >= 0.3 is 0 Å². The van der Waals surface area contributed by atoms with Crippen molar-refractivity contribution >= 4 is 11.6 Å². The molecule has 4 nitrogen and oxygen atoms in total. The summed E-state index contributed by atoms with van der Waals surface area (Å²) in [5, 5.41) is 0. The van der Waals surface area contributed by atoms with Crippen molar-refractivity contribution in [2.75, 3.05) is 25.1 Å². The zero-order valence-electron chi connectivity index (χ0n) is 15.5. The number of carbonyl (C=O) groups excluding carboxylic acids is 1. The third kappa shape index (κ3) is 3.08. The molecule has 0 bridgehead atoms. The summed E-state index contributed by atoms with van der Waals surface area (Å²) in [5.41, 5.74) is 0.431. The Morgan fingerprint density at radius 1 is 1.07 bits per heavy atom. The molecule has 1 unspecified atom stereocenters. The average Bonchev–Trinajstić information content (AvgIpc) is 2.66. The second kappa shape index (κ2) is 7.22. The number of hydrogen-bond acceptors (Lipinski definition) is 3. The molecule has 2 aromatic rings. The van der Waals surface area contributed by atoms with Gasteiger partial charge in [-0.25, -0.2) is 13.2 Å². The Morgan fingerprint density at radius 3 is 2.43 bits per heavy atom. The second-order valence-electron chi connectivity index (χ2n) is 7.38. The highest BCUT2D eigenvalue weighted by atomic mass is 19.1. The summed E-state index contributed by atoms with van der Waals surface area (Å²) in [5.74, 6) is -1.73. The number of amides is 1. The Balaban J connectivity index is 1.51. The maximum Gasteiger partial charge on any atom is 0.259 e. The van der Waals surface area contributed by atoms with Crippen molar-refractivity contribution < 1.29 is 22.7 Å². The van der Waals surface area contributed by atoms with Crippen molar-refractivity contribution in [1.29, 1.82) is 0 Å². The third-order valence-electron chi connectivity index (χ3n) is 5.81. The molecule has 148 valence electrons. The van der Waals surface area contributed by atoms with Crippen LogP contribution in [-0.4, -0.2) is 42.6 Å². The number of rotatable bonds is 4. The van der Waals surface area contributed by atoms with E-state index < -0.39 is 29.1 Å². The summed E-state index contributed by atoms with van der Waals surface area (Å²) >= 11 is 0. The highest BCUT2D eigenvalue weighted by Gasteiger charge is 2.61. The molecule has 2 heterocycles. The van der Waals surface area contributed by atoms with E-state index in [9.17, 15) is 18.0 Å². The first-order valence-electron chi connectivity index (χ1n) is 9.23. The van der Waals surface area contributed by atoms with E-state index in [2.05, 4.69) is 4.90 Å². The van der Waals surface area contributed by atoms with Crippen LogP contribution in [0.4, 0.5) is 18.9 Å². The molecule has 0 aliphatic carbocycles. The SMILES string of the molecule is COC1C(=O)N(c2cccc(F)c2)C12CCN(Cc1ccc(F)cc1F)CC2. The molecule has 4 rings (SSSR count). The van der Waals surface area contributed by atoms with E-state index in [1.165, 1.54) is 31.4 Å². The number of benzene rings is 2. The highest BCUT2D eigenvalue weighted by molar-refractivity contribution is 6.06. The van der Waals surface area contributed by atoms with Crippen molar-refractivity contribution in [3.05, 3.63) is 65.5 Å². The number of methoxy groups -OCH3 is 1. The summed E-state index contributed by atoms with van der Waals surface area (Å²) < 4.78 is 46.2. The van der Waals surface area contributed by atoms with Gasteiger partial charge in [-0.05, 0) is 37.1 Å². The summed E-state index contributed by atoms with van der Waals surface area (Å²) in [4.78, 5) is 16.3. The molecule has 2 saturated heterocycles. The molecule has 0 aromatic heterocycles. The van der Waals surface area contributed by atoms with E-state index in [-0.39, 0.29) is 5.91 Å². The monoisotopic (exact) mass is 390 g/mol. The number of carbonyl (C=O) groups is 1. The van der Waals surface area contributed by atoms with Gasteiger partial charge in [-0.1, -0.05) is 12.1 Å². The number of hydrogen-bond donors (Lipinski definition) is 0. The number of halogens is 3. The van der Waals surface area contributed by atoms with Crippen molar-refractivity contribution in [2.24, 2.45) is 0 Å². The van der Waals surface area contributed by atoms with Gasteiger partial charge in [0.2, 0.25) is 0 Å². The lowest BCUT2D eigenvalue weighted by Crippen LogP contribution is -2.77. The van der Waals surface area contributed by atoms with E-state index >= 15 is 0 Å². The maximum absolute atomic E-state index is 13.9. The number of piperidine rings is 1. The van der Waals surface area contributed by atoms with Crippen molar-refractivity contribution in [2.45, 2.75) is 31.0 Å². The standard InChI is InChI=1S/C21H21F3N2O2/c1-28-19-20(27)26(17-4-2-3-15(22)11-17)21(19)7-9-25(10-8-21)13-14-5-6-16(23)12-18(14)24/h2-6,11-12,19H,7-10,13H2,1H3. The van der Waals surface area contributed by atoms with Gasteiger partial charge in [-0.15, -0.1) is 0 Å². The molecule has 1 atom stereocenters. The zero-order valence-corrected chi connectivity index (χ0v) is 15.5. The lowest BCUT2D eigenvalue weighted by molar-refractivity contribution is -0.151. The normalized spacial score (nSPS) is 21.8. The molecule has 0 saturated carbocycles. The fraction of sp³-hybridized carbons (Fsp3) is 0.381. The zero-order chi connectivity index (χ0) is 19.9. The van der Waals surface area contributed by atoms with E-state index in [4.69, 9.17) is 4.74 Å². The molecular formula is C21H21F3N2O2. The summed E-state index contributed by atoms with van der Waals surface area (Å²) in [6.45, 7) is 1.61. The topological polar surface area (TPSA) is 32.8 Å². The second-order valence-corrected chi connectivity index (χ2v) is 7.38. The Kier molecular flexibility index (Phi) is 4.89. The predicted octanol–water partition coefficient (Wildman–Crippen LogP) is 3.50. The van der Waals surface area contributed by atoms with Crippen LogP contribution in [-0.2, 0) is 16.1 Å². The summed E-state index contributed by atoms with van der Waals surface area (Å²) in [6.07, 6.45) is 0.674. The number of anilines is 1. The number of nitrogens with zero attached hydrogens (tertiary/aromatic N) is 2. The molecule has 1 spiro atoms. The van der Waals surface area contributed by atoms with Gasteiger partial charge in [-0.2, -0.15) is 0 Å². The maximum atomic E-state index is 13.9. The number of ether oxygens (including phenoxy) is 1. The van der Waals surface area contributed by atoms with Crippen molar-refractivity contribution in [1.82, 2.24) is 4.90 Å². The van der Waals surface area contributed by atoms with Crippen LogP contribution in [0.5, 0.6) is 0 Å². The van der Waals surface area contributed by atoms with Crippen LogP contribution in [0.3, 0.4) is 0 Å². The van der Waals surface area contributed by atoms with Crippen LogP contribution in [0.25, 0.3) is 0 Å². The van der Waals surface area contributed by atoms with Gasteiger partial charge in [0.15, 0.2) is 6.10 Å². The predicted molar refractivity (Wildman–Crippen MR) is 98.3 cm³/mol. The van der Waals surface area contributed by atoms with Gasteiger partial charge in [0, 0.05) is 44.1 Å². The molecule has 2 aromatic carbocycles. The highest BCUT2D eigenvalue weighted by Crippen LogP contribution is 2.45. The Bertz CT molecular complexity index is 897. The van der Waals surface area contributed by atoms with Crippen molar-refractivity contribution in [3.8, 4) is 0 Å². The van der Waals surface area contributed by atoms with Crippen LogP contribution >= 0.6 is 0 Å². The summed E-state index contributed by atoms with van der Waals surface area (Å²) in [6, 6.07) is 9.59. The first-order chi connectivity index (χ1) is 13.4. The molecule has 0 radical (unpaired) electrons. The van der Waals surface area contributed by atoms with Gasteiger partial charge in [0.05, 0.1) is 5.54 Å². The lowest BCUT2D eigenvalue weighted by Gasteiger charge is -2.59. The average molecular weight is 390 g/mol. The first kappa shape index (κ1) is 19.0. The van der Waals surface area contributed by atoms with E-state index in [0.717, 1.165) is 6.07 Å². The van der Waals surface area contributed by atoms with Gasteiger partial charge in [-0.3, -0.25) is 9.69 Å². The first-order valence-corrected chi connectivity index (χ1v) is 9.23. The molecule has 1 amide bonds. The lowest BCUT2D eigenvalue weighted by atomic mass is 9.72. The fourth-order valence-corrected chi connectivity index (χ4v) is 4.41. The largest absolute Gasteiger partial charge is 0.369 e. The van der Waals surface area contributed by atoms with Crippen LogP contribution in [0.2, 0.25) is 0 Å². The molecule has 2 fully saturated rings. The minimum atomic E-state index is -0.597. The molecule has 7 heteroatoms. The van der Waals surface area contributed by atoms with Gasteiger partial charge in [0.1, 0.15) is 17.5 Å². The Labute approximate surface area is 161 Å². The fourth-order valence-electron chi connectivity index (χ4n) is 4.41. The third-order valence-corrected chi connectivity index (χ3v) is 5.81. The molecular weight excluding hydrogens is 369 g/mol. The quantitative estimate of drug-likeness (QED) is 0.750. The van der Waals surface area contributed by atoms with Gasteiger partial charge in [0.25, 0.3) is 5.91 Å². The molecule has 0 N–H and O–H groups in total. The number of likely N-dealkylation sites (tertiary alicyclic amines) is 1. The van der Waals surface area contributed by atoms with Crippen LogP contribution in [0.15, 0.2) is 42.5 Å². The Hall–Kier alpha value is -2.38. The minimum Gasteiger partial charge on any atom is -0.369 e.